The number of rotatable bonds is 3. The van der Waals surface area contributed by atoms with E-state index in [-0.39, 0.29) is 18.4 Å². The summed E-state index contributed by atoms with van der Waals surface area (Å²) in [6.45, 7) is 6.15. The predicted molar refractivity (Wildman–Crippen MR) is 84.2 cm³/mol. The molecule has 0 aliphatic carbocycles. The fourth-order valence-electron chi connectivity index (χ4n) is 3.76. The van der Waals surface area contributed by atoms with Crippen LogP contribution in [0.2, 0.25) is 0 Å². The van der Waals surface area contributed by atoms with Gasteiger partial charge in [0.1, 0.15) is 6.61 Å². The van der Waals surface area contributed by atoms with Crippen LogP contribution in [0.5, 0.6) is 0 Å². The van der Waals surface area contributed by atoms with Crippen molar-refractivity contribution >= 4 is 18.4 Å². The third kappa shape index (κ3) is 2.42. The maximum atomic E-state index is 11.6. The van der Waals surface area contributed by atoms with Gasteiger partial charge in [-0.25, -0.2) is 4.79 Å². The molecule has 2 unspecified atom stereocenters. The average Bonchev–Trinajstić information content (AvgIpc) is 2.94. The topological polar surface area (TPSA) is 61.8 Å². The summed E-state index contributed by atoms with van der Waals surface area (Å²) in [5.41, 5.74) is 3.48. The first-order chi connectivity index (χ1) is 10.1. The number of β-amino-alcohol motifs (C(OH)–C–C–N with tert-alkyl or cyclic N) is 1. The number of carbonyl (C=O) groups is 1. The number of esters is 1. The summed E-state index contributed by atoms with van der Waals surface area (Å²) >= 11 is 0. The van der Waals surface area contributed by atoms with Crippen molar-refractivity contribution < 1.29 is 14.6 Å². The average molecular weight is 325 g/mol. The van der Waals surface area contributed by atoms with Crippen LogP contribution in [0.1, 0.15) is 33.2 Å². The molecule has 2 fully saturated rings. The van der Waals surface area contributed by atoms with Crippen LogP contribution in [0, 0.1) is 12.8 Å². The van der Waals surface area contributed by atoms with E-state index in [1.165, 1.54) is 0 Å². The van der Waals surface area contributed by atoms with Crippen molar-refractivity contribution in [1.29, 1.82) is 0 Å². The van der Waals surface area contributed by atoms with Gasteiger partial charge in [-0.2, -0.15) is 0 Å². The third-order valence-electron chi connectivity index (χ3n) is 5.16. The van der Waals surface area contributed by atoms with Gasteiger partial charge in [0.25, 0.3) is 0 Å². The van der Waals surface area contributed by atoms with E-state index in [0.717, 1.165) is 42.2 Å². The number of likely N-dealkylation sites (tertiary alicyclic amines) is 1. The number of aliphatic hydroxyl groups excluding tert-OH is 1. The molecule has 0 saturated carbocycles. The Hall–Kier alpha value is -1.14. The molecule has 3 atom stereocenters. The van der Waals surface area contributed by atoms with Crippen LogP contribution in [0.25, 0.3) is 0 Å². The lowest BCUT2D eigenvalue weighted by Gasteiger charge is -2.30. The summed E-state index contributed by atoms with van der Waals surface area (Å²) < 4.78 is 5.07. The monoisotopic (exact) mass is 324 g/mol. The Morgan fingerprint density at radius 3 is 2.91 bits per heavy atom. The predicted octanol–water partition coefficient (Wildman–Crippen LogP) is 1.02. The molecule has 3 aliphatic rings. The summed E-state index contributed by atoms with van der Waals surface area (Å²) in [4.78, 5) is 13.9. The van der Waals surface area contributed by atoms with Crippen LogP contribution < -0.4 is 5.32 Å². The minimum atomic E-state index is -0.511. The molecular weight excluding hydrogens is 304 g/mol. The molecule has 5 nitrogen and oxygen atoms in total. The molecule has 1 aromatic carbocycles. The van der Waals surface area contributed by atoms with Crippen molar-refractivity contribution in [3.8, 4) is 0 Å². The lowest BCUT2D eigenvalue weighted by atomic mass is 9.95. The maximum Gasteiger partial charge on any atom is 0.338 e. The quantitative estimate of drug-likeness (QED) is 0.813. The number of aliphatic hydroxyl groups is 1. The van der Waals surface area contributed by atoms with Crippen molar-refractivity contribution in [3.05, 3.63) is 34.4 Å². The van der Waals surface area contributed by atoms with Crippen LogP contribution in [-0.2, 0) is 11.3 Å². The molecule has 0 radical (unpaired) electrons. The number of fused-ring (bicyclic) bond motifs is 2. The normalized spacial score (nSPS) is 27.5. The van der Waals surface area contributed by atoms with E-state index in [4.69, 9.17) is 4.74 Å². The van der Waals surface area contributed by atoms with E-state index < -0.39 is 6.10 Å². The molecule has 0 spiro atoms. The Balaban J connectivity index is 0.00000144. The Kier molecular flexibility index (Phi) is 4.16. The molecule has 0 amide bonds. The van der Waals surface area contributed by atoms with Crippen LogP contribution in [0.3, 0.4) is 0 Å². The molecule has 3 heterocycles. The number of benzene rings is 1. The first-order valence-electron chi connectivity index (χ1n) is 7.57. The first-order valence-corrected chi connectivity index (χ1v) is 7.57. The number of nitrogens with one attached hydrogen (secondary N) is 1. The highest BCUT2D eigenvalue weighted by Crippen LogP contribution is 2.31. The van der Waals surface area contributed by atoms with E-state index in [1.54, 1.807) is 6.07 Å². The minimum absolute atomic E-state index is 0. The van der Waals surface area contributed by atoms with Gasteiger partial charge in [-0.15, -0.1) is 12.4 Å². The van der Waals surface area contributed by atoms with Gasteiger partial charge in [-0.05, 0) is 24.1 Å². The van der Waals surface area contributed by atoms with Gasteiger partial charge in [0.15, 0.2) is 0 Å². The largest absolute Gasteiger partial charge is 0.457 e. The minimum Gasteiger partial charge on any atom is -0.457 e. The van der Waals surface area contributed by atoms with Crippen molar-refractivity contribution in [2.24, 2.45) is 5.92 Å². The van der Waals surface area contributed by atoms with Crippen LogP contribution in [0.4, 0.5) is 0 Å². The molecule has 4 rings (SSSR count). The van der Waals surface area contributed by atoms with E-state index >= 15 is 0 Å². The Labute approximate surface area is 136 Å². The molecule has 0 aromatic heterocycles. The maximum absolute atomic E-state index is 11.6. The highest BCUT2D eigenvalue weighted by atomic mass is 35.5. The van der Waals surface area contributed by atoms with Gasteiger partial charge in [0.2, 0.25) is 0 Å². The highest BCUT2D eigenvalue weighted by Gasteiger charge is 2.39. The zero-order chi connectivity index (χ0) is 14.6. The highest BCUT2D eigenvalue weighted by molar-refractivity contribution is 5.93. The van der Waals surface area contributed by atoms with Gasteiger partial charge in [0.05, 0.1) is 11.7 Å². The fourth-order valence-corrected chi connectivity index (χ4v) is 3.76. The molecule has 0 bridgehead atoms. The summed E-state index contributed by atoms with van der Waals surface area (Å²) in [7, 11) is 0. The Morgan fingerprint density at radius 1 is 1.45 bits per heavy atom. The van der Waals surface area contributed by atoms with Crippen molar-refractivity contribution in [1.82, 2.24) is 10.2 Å². The first kappa shape index (κ1) is 15.7. The van der Waals surface area contributed by atoms with Gasteiger partial charge in [0, 0.05) is 43.7 Å². The summed E-state index contributed by atoms with van der Waals surface area (Å²) in [5, 5.41) is 14.0. The van der Waals surface area contributed by atoms with E-state index in [2.05, 4.69) is 10.2 Å². The summed E-state index contributed by atoms with van der Waals surface area (Å²) in [6, 6.07) is 4.27. The number of nitrogens with zero attached hydrogens (tertiary/aromatic N) is 1. The molecule has 22 heavy (non-hydrogen) atoms. The summed E-state index contributed by atoms with van der Waals surface area (Å²) in [5.74, 6) is 0.501. The molecule has 2 saturated heterocycles. The second kappa shape index (κ2) is 5.81. The standard InChI is InChI=1S/C16H20N2O3.ClH/c1-9-11(2-3-12-13(9)8-21-16(12)20)15(19)7-18-5-10-4-17-14(10)6-18;/h2-3,10,14-15,17,19H,4-8H2,1H3;1H/t10?,14?,15-;/m0./s1. The van der Waals surface area contributed by atoms with Crippen molar-refractivity contribution in [3.63, 3.8) is 0 Å². The van der Waals surface area contributed by atoms with E-state index in [1.807, 2.05) is 13.0 Å². The molecular formula is C16H21ClN2O3. The number of ether oxygens (including phenoxy) is 1. The number of halogens is 1. The lowest BCUT2D eigenvalue weighted by molar-refractivity contribution is 0.0535. The Bertz CT molecular complexity index is 595. The smallest absolute Gasteiger partial charge is 0.338 e. The number of cyclic esters (lactones) is 1. The number of hydrogen-bond acceptors (Lipinski definition) is 5. The van der Waals surface area contributed by atoms with Gasteiger partial charge >= 0.3 is 5.97 Å². The molecule has 2 N–H and O–H groups in total. The second-order valence-electron chi connectivity index (χ2n) is 6.39. The molecule has 1 aromatic rings. The van der Waals surface area contributed by atoms with Gasteiger partial charge in [-0.1, -0.05) is 6.07 Å². The van der Waals surface area contributed by atoms with E-state index in [0.29, 0.717) is 24.8 Å². The SMILES string of the molecule is Cc1c([C@@H](O)CN2CC3CNC3C2)ccc2c1COC2=O.Cl. The fraction of sp³-hybridized carbons (Fsp3) is 0.562. The van der Waals surface area contributed by atoms with Gasteiger partial charge in [-0.3, -0.25) is 4.90 Å². The summed E-state index contributed by atoms with van der Waals surface area (Å²) in [6.07, 6.45) is -0.511. The Morgan fingerprint density at radius 2 is 2.27 bits per heavy atom. The zero-order valence-corrected chi connectivity index (χ0v) is 13.4. The number of hydrogen-bond donors (Lipinski definition) is 2. The molecule has 3 aliphatic heterocycles. The van der Waals surface area contributed by atoms with Crippen molar-refractivity contribution in [2.75, 3.05) is 26.2 Å². The second-order valence-corrected chi connectivity index (χ2v) is 6.39. The number of carbonyl (C=O) groups excluding carboxylic acids is 1. The van der Waals surface area contributed by atoms with Crippen LogP contribution in [0.15, 0.2) is 12.1 Å². The van der Waals surface area contributed by atoms with E-state index in [9.17, 15) is 9.90 Å². The lowest BCUT2D eigenvalue weighted by Crippen LogP contribution is -2.51. The molecule has 120 valence electrons. The van der Waals surface area contributed by atoms with Crippen LogP contribution in [-0.4, -0.2) is 48.2 Å². The molecule has 6 heteroatoms. The zero-order valence-electron chi connectivity index (χ0n) is 12.5. The van der Waals surface area contributed by atoms with Gasteiger partial charge < -0.3 is 15.2 Å². The van der Waals surface area contributed by atoms with Crippen molar-refractivity contribution in [2.45, 2.75) is 25.7 Å². The third-order valence-corrected chi connectivity index (χ3v) is 5.16. The van der Waals surface area contributed by atoms with Crippen LogP contribution >= 0.6 is 12.4 Å².